The number of hydrogen-bond acceptors (Lipinski definition) is 3. The Morgan fingerprint density at radius 2 is 2.21 bits per heavy atom. The molecule has 0 spiro atoms. The number of rotatable bonds is 4. The molecule has 0 fully saturated rings. The van der Waals surface area contributed by atoms with Crippen LogP contribution in [0.5, 0.6) is 5.75 Å². The Labute approximate surface area is 81.1 Å². The van der Waals surface area contributed by atoms with E-state index in [1.165, 1.54) is 19.2 Å². The van der Waals surface area contributed by atoms with Crippen LogP contribution in [0.4, 0.5) is 5.69 Å². The second-order valence-corrected chi connectivity index (χ2v) is 2.72. The number of methoxy groups -OCH3 is 1. The monoisotopic (exact) mass is 196 g/mol. The van der Waals surface area contributed by atoms with E-state index in [1.807, 2.05) is 0 Å². The first-order valence-corrected chi connectivity index (χ1v) is 4.08. The first kappa shape index (κ1) is 10.5. The van der Waals surface area contributed by atoms with Gasteiger partial charge in [0.05, 0.1) is 18.6 Å². The SMILES string of the molecule is COc1ccc(CC[O])cc1[N+](=O)[O-]. The molecule has 0 aliphatic heterocycles. The number of hydrogen-bond donors (Lipinski definition) is 0. The van der Waals surface area contributed by atoms with Gasteiger partial charge in [-0.25, -0.2) is 5.11 Å². The molecular weight excluding hydrogens is 186 g/mol. The largest absolute Gasteiger partial charge is 0.490 e. The van der Waals surface area contributed by atoms with E-state index < -0.39 is 4.92 Å². The van der Waals surface area contributed by atoms with Crippen LogP contribution in [-0.2, 0) is 11.5 Å². The summed E-state index contributed by atoms with van der Waals surface area (Å²) in [4.78, 5) is 10.1. The fourth-order valence-corrected chi connectivity index (χ4v) is 1.15. The van der Waals surface area contributed by atoms with Crippen molar-refractivity contribution in [2.75, 3.05) is 13.7 Å². The van der Waals surface area contributed by atoms with Crippen LogP contribution in [0.2, 0.25) is 0 Å². The minimum atomic E-state index is -0.521. The molecule has 0 aliphatic rings. The molecule has 0 atom stereocenters. The van der Waals surface area contributed by atoms with Gasteiger partial charge in [0, 0.05) is 6.07 Å². The number of nitrogens with zero attached hydrogens (tertiary/aromatic N) is 1. The van der Waals surface area contributed by atoms with Crippen molar-refractivity contribution in [1.29, 1.82) is 0 Å². The van der Waals surface area contributed by atoms with Crippen molar-refractivity contribution in [2.45, 2.75) is 6.42 Å². The van der Waals surface area contributed by atoms with Gasteiger partial charge in [0.25, 0.3) is 0 Å². The molecule has 0 bridgehead atoms. The third kappa shape index (κ3) is 2.20. The van der Waals surface area contributed by atoms with Crippen LogP contribution in [0.3, 0.4) is 0 Å². The fourth-order valence-electron chi connectivity index (χ4n) is 1.15. The second-order valence-electron chi connectivity index (χ2n) is 2.72. The molecule has 0 unspecified atom stereocenters. The first-order valence-electron chi connectivity index (χ1n) is 4.08. The molecule has 0 saturated carbocycles. The smallest absolute Gasteiger partial charge is 0.311 e. The van der Waals surface area contributed by atoms with Gasteiger partial charge < -0.3 is 4.74 Å². The molecule has 0 aromatic heterocycles. The molecule has 1 radical (unpaired) electrons. The average Bonchev–Trinajstić information content (AvgIpc) is 2.18. The van der Waals surface area contributed by atoms with Gasteiger partial charge in [-0.05, 0) is 18.1 Å². The number of nitro groups is 1. The van der Waals surface area contributed by atoms with Crippen molar-refractivity contribution in [3.05, 3.63) is 33.9 Å². The Balaban J connectivity index is 3.07. The Kier molecular flexibility index (Phi) is 3.41. The average molecular weight is 196 g/mol. The summed E-state index contributed by atoms with van der Waals surface area (Å²) in [6.45, 7) is -0.274. The molecule has 0 heterocycles. The highest BCUT2D eigenvalue weighted by molar-refractivity contribution is 5.48. The highest BCUT2D eigenvalue weighted by Crippen LogP contribution is 2.27. The Morgan fingerprint density at radius 3 is 2.71 bits per heavy atom. The van der Waals surface area contributed by atoms with Gasteiger partial charge >= 0.3 is 5.69 Å². The minimum absolute atomic E-state index is 0.0987. The maximum absolute atomic E-state index is 10.6. The summed E-state index contributed by atoms with van der Waals surface area (Å²) in [5.41, 5.74) is 0.561. The van der Waals surface area contributed by atoms with E-state index in [0.29, 0.717) is 12.0 Å². The van der Waals surface area contributed by atoms with E-state index >= 15 is 0 Å². The van der Waals surface area contributed by atoms with E-state index in [4.69, 9.17) is 4.74 Å². The predicted molar refractivity (Wildman–Crippen MR) is 48.9 cm³/mol. The lowest BCUT2D eigenvalue weighted by atomic mass is 10.1. The predicted octanol–water partition coefficient (Wildman–Crippen LogP) is 1.58. The quantitative estimate of drug-likeness (QED) is 0.542. The van der Waals surface area contributed by atoms with Crippen LogP contribution >= 0.6 is 0 Å². The van der Waals surface area contributed by atoms with Gasteiger partial charge in [0.15, 0.2) is 5.75 Å². The van der Waals surface area contributed by atoms with Gasteiger partial charge in [-0.3, -0.25) is 10.1 Å². The number of ether oxygens (including phenoxy) is 1. The third-order valence-electron chi connectivity index (χ3n) is 1.83. The molecule has 75 valence electrons. The molecule has 1 aromatic rings. The maximum Gasteiger partial charge on any atom is 0.311 e. The van der Waals surface area contributed by atoms with E-state index in [2.05, 4.69) is 0 Å². The zero-order valence-corrected chi connectivity index (χ0v) is 7.73. The molecule has 0 saturated heterocycles. The van der Waals surface area contributed by atoms with Crippen LogP contribution in [0.15, 0.2) is 18.2 Å². The van der Waals surface area contributed by atoms with Gasteiger partial charge in [-0.1, -0.05) is 6.07 Å². The normalized spacial score (nSPS) is 9.86. The third-order valence-corrected chi connectivity index (χ3v) is 1.83. The summed E-state index contributed by atoms with van der Waals surface area (Å²) in [7, 11) is 1.37. The van der Waals surface area contributed by atoms with Crippen molar-refractivity contribution in [3.63, 3.8) is 0 Å². The lowest BCUT2D eigenvalue weighted by molar-refractivity contribution is -0.385. The Hall–Kier alpha value is -1.62. The lowest BCUT2D eigenvalue weighted by Crippen LogP contribution is -1.96. The summed E-state index contributed by atoms with van der Waals surface area (Å²) in [5.74, 6) is 0.213. The molecule has 0 amide bonds. The standard InChI is InChI=1S/C9H10NO4/c1-14-9-3-2-7(4-5-11)6-8(9)10(12)13/h2-3,6H,4-5H2,1H3. The second kappa shape index (κ2) is 4.57. The van der Waals surface area contributed by atoms with Crippen molar-refractivity contribution < 1.29 is 14.8 Å². The van der Waals surface area contributed by atoms with Crippen LogP contribution in [0, 0.1) is 10.1 Å². The van der Waals surface area contributed by atoms with E-state index in [0.717, 1.165) is 0 Å². The van der Waals surface area contributed by atoms with E-state index in [-0.39, 0.29) is 18.0 Å². The topological polar surface area (TPSA) is 72.3 Å². The first-order chi connectivity index (χ1) is 6.69. The zero-order chi connectivity index (χ0) is 10.6. The highest BCUT2D eigenvalue weighted by atomic mass is 16.6. The van der Waals surface area contributed by atoms with Crippen molar-refractivity contribution in [2.24, 2.45) is 0 Å². The van der Waals surface area contributed by atoms with Gasteiger partial charge in [0.2, 0.25) is 0 Å². The van der Waals surface area contributed by atoms with Crippen molar-refractivity contribution in [3.8, 4) is 5.75 Å². The fraction of sp³-hybridized carbons (Fsp3) is 0.333. The molecule has 5 heteroatoms. The van der Waals surface area contributed by atoms with Gasteiger partial charge in [0.1, 0.15) is 0 Å². The zero-order valence-electron chi connectivity index (χ0n) is 7.73. The van der Waals surface area contributed by atoms with Crippen LogP contribution < -0.4 is 4.74 Å². The van der Waals surface area contributed by atoms with Crippen molar-refractivity contribution in [1.82, 2.24) is 0 Å². The molecular formula is C9H10NO4. The minimum Gasteiger partial charge on any atom is -0.490 e. The summed E-state index contributed by atoms with van der Waals surface area (Å²) in [5, 5.41) is 20.9. The van der Waals surface area contributed by atoms with Crippen LogP contribution in [0.1, 0.15) is 5.56 Å². The molecule has 14 heavy (non-hydrogen) atoms. The summed E-state index contributed by atoms with van der Waals surface area (Å²) >= 11 is 0. The highest BCUT2D eigenvalue weighted by Gasteiger charge is 2.14. The molecule has 5 nitrogen and oxygen atoms in total. The van der Waals surface area contributed by atoms with E-state index in [9.17, 15) is 15.2 Å². The van der Waals surface area contributed by atoms with Crippen LogP contribution in [-0.4, -0.2) is 18.6 Å². The molecule has 0 N–H and O–H groups in total. The maximum atomic E-state index is 10.6. The van der Waals surface area contributed by atoms with E-state index in [1.54, 1.807) is 6.07 Å². The summed E-state index contributed by atoms with van der Waals surface area (Å²) in [6.07, 6.45) is 0.296. The summed E-state index contributed by atoms with van der Waals surface area (Å²) < 4.78 is 4.82. The van der Waals surface area contributed by atoms with Gasteiger partial charge in [-0.2, -0.15) is 0 Å². The molecule has 0 aliphatic carbocycles. The number of benzene rings is 1. The summed E-state index contributed by atoms with van der Waals surface area (Å²) in [6, 6.07) is 4.53. The molecule has 1 rings (SSSR count). The van der Waals surface area contributed by atoms with Crippen molar-refractivity contribution >= 4 is 5.69 Å². The molecule has 1 aromatic carbocycles. The van der Waals surface area contributed by atoms with Gasteiger partial charge in [-0.15, -0.1) is 0 Å². The Bertz CT molecular complexity index is 338. The van der Waals surface area contributed by atoms with Crippen LogP contribution in [0.25, 0.3) is 0 Å². The number of nitro benzene ring substituents is 1. The Morgan fingerprint density at radius 1 is 1.50 bits per heavy atom. The lowest BCUT2D eigenvalue weighted by Gasteiger charge is -2.03.